The van der Waals surface area contributed by atoms with E-state index in [-0.39, 0.29) is 5.41 Å². The van der Waals surface area contributed by atoms with Crippen LogP contribution in [0.25, 0.3) is 0 Å². The Hall–Kier alpha value is -0.120. The zero-order chi connectivity index (χ0) is 15.5. The molecule has 0 aromatic heterocycles. The first-order chi connectivity index (χ1) is 10.0. The van der Waals surface area contributed by atoms with Crippen molar-refractivity contribution in [3.05, 3.63) is 0 Å². The van der Waals surface area contributed by atoms with Crippen LogP contribution in [0, 0.1) is 17.3 Å². The molecule has 21 heavy (non-hydrogen) atoms. The quantitative estimate of drug-likeness (QED) is 0.758. The minimum absolute atomic E-state index is 0.0868. The third kappa shape index (κ3) is 3.80. The maximum absolute atomic E-state index is 9.78. The van der Waals surface area contributed by atoms with Crippen molar-refractivity contribution < 1.29 is 5.11 Å². The fraction of sp³-hybridized carbons (Fsp3) is 1.00. The van der Waals surface area contributed by atoms with Crippen LogP contribution in [0.5, 0.6) is 0 Å². The molecule has 2 N–H and O–H groups in total. The molecule has 2 fully saturated rings. The third-order valence-electron chi connectivity index (χ3n) is 6.38. The summed E-state index contributed by atoms with van der Waals surface area (Å²) in [5, 5.41) is 13.7. The van der Waals surface area contributed by atoms with Gasteiger partial charge in [-0.25, -0.2) is 0 Å². The molecule has 2 unspecified atom stereocenters. The molecule has 1 heterocycles. The minimum atomic E-state index is 0.0868. The van der Waals surface area contributed by atoms with E-state index in [1.165, 1.54) is 32.4 Å². The molecule has 0 spiro atoms. The van der Waals surface area contributed by atoms with Crippen molar-refractivity contribution in [2.75, 3.05) is 26.2 Å². The highest BCUT2D eigenvalue weighted by atomic mass is 16.3. The average Bonchev–Trinajstić information content (AvgIpc) is 2.48. The predicted molar refractivity (Wildman–Crippen MR) is 89.4 cm³/mol. The van der Waals surface area contributed by atoms with Gasteiger partial charge in [-0.1, -0.05) is 20.3 Å². The summed E-state index contributed by atoms with van der Waals surface area (Å²) in [4.78, 5) is 2.67. The molecular weight excluding hydrogens is 260 g/mol. The molecule has 2 rings (SSSR count). The van der Waals surface area contributed by atoms with Gasteiger partial charge in [-0.2, -0.15) is 0 Å². The number of likely N-dealkylation sites (tertiary alicyclic amines) is 1. The number of fused-ring (bicyclic) bond motifs is 2. The topological polar surface area (TPSA) is 35.5 Å². The summed E-state index contributed by atoms with van der Waals surface area (Å²) < 4.78 is 0. The van der Waals surface area contributed by atoms with E-state index in [4.69, 9.17) is 0 Å². The minimum Gasteiger partial charge on any atom is -0.396 e. The smallest absolute Gasteiger partial charge is 0.0499 e. The summed E-state index contributed by atoms with van der Waals surface area (Å²) >= 11 is 0. The Kier molecular flexibility index (Phi) is 6.10. The van der Waals surface area contributed by atoms with Crippen LogP contribution in [-0.2, 0) is 0 Å². The molecule has 2 bridgehead atoms. The fourth-order valence-corrected chi connectivity index (χ4v) is 4.34. The lowest BCUT2D eigenvalue weighted by Gasteiger charge is -2.50. The van der Waals surface area contributed by atoms with Crippen LogP contribution < -0.4 is 5.32 Å². The van der Waals surface area contributed by atoms with E-state index in [1.54, 1.807) is 0 Å². The molecule has 1 saturated heterocycles. The van der Waals surface area contributed by atoms with Gasteiger partial charge in [-0.15, -0.1) is 0 Å². The van der Waals surface area contributed by atoms with Crippen LogP contribution in [0.2, 0.25) is 0 Å². The molecule has 0 aromatic rings. The molecule has 1 aliphatic heterocycles. The Balaban J connectivity index is 1.97. The van der Waals surface area contributed by atoms with E-state index in [0.29, 0.717) is 18.7 Å². The van der Waals surface area contributed by atoms with Crippen molar-refractivity contribution in [2.24, 2.45) is 17.3 Å². The SMILES string of the molecule is CCC(CC)(CO)CNC1C2CCCC1CN(C(C)C)C2. The summed E-state index contributed by atoms with van der Waals surface area (Å²) in [6.07, 6.45) is 6.29. The van der Waals surface area contributed by atoms with Crippen LogP contribution >= 0.6 is 0 Å². The van der Waals surface area contributed by atoms with Gasteiger partial charge in [0, 0.05) is 43.7 Å². The van der Waals surface area contributed by atoms with Crippen LogP contribution in [-0.4, -0.2) is 48.3 Å². The first-order valence-corrected chi connectivity index (χ1v) is 9.13. The lowest BCUT2D eigenvalue weighted by atomic mass is 9.72. The summed E-state index contributed by atoms with van der Waals surface area (Å²) in [7, 11) is 0. The van der Waals surface area contributed by atoms with Gasteiger partial charge in [0.2, 0.25) is 0 Å². The fourth-order valence-electron chi connectivity index (χ4n) is 4.34. The normalized spacial score (nSPS) is 30.9. The van der Waals surface area contributed by atoms with Crippen molar-refractivity contribution in [1.29, 1.82) is 0 Å². The highest BCUT2D eigenvalue weighted by Crippen LogP contribution is 2.36. The molecule has 124 valence electrons. The number of hydrogen-bond donors (Lipinski definition) is 2. The number of nitrogens with one attached hydrogen (secondary N) is 1. The second-order valence-corrected chi connectivity index (χ2v) is 7.77. The Morgan fingerprint density at radius 3 is 2.14 bits per heavy atom. The van der Waals surface area contributed by atoms with Gasteiger partial charge in [0.15, 0.2) is 0 Å². The van der Waals surface area contributed by atoms with Gasteiger partial charge in [0.05, 0.1) is 0 Å². The Bertz CT molecular complexity index is 292. The van der Waals surface area contributed by atoms with Gasteiger partial charge in [0.1, 0.15) is 0 Å². The standard InChI is InChI=1S/C18H36N2O/c1-5-18(6-2,13-21)12-19-17-15-8-7-9-16(17)11-20(10-15)14(3)4/h14-17,19,21H,5-13H2,1-4H3. The average molecular weight is 296 g/mol. The number of rotatable bonds is 7. The molecule has 3 nitrogen and oxygen atoms in total. The van der Waals surface area contributed by atoms with E-state index in [1.807, 2.05) is 0 Å². The maximum Gasteiger partial charge on any atom is 0.0499 e. The highest BCUT2D eigenvalue weighted by molar-refractivity contribution is 4.96. The first-order valence-electron chi connectivity index (χ1n) is 9.13. The number of aliphatic hydroxyl groups is 1. The molecule has 0 amide bonds. The van der Waals surface area contributed by atoms with Crippen LogP contribution in [0.15, 0.2) is 0 Å². The summed E-state index contributed by atoms with van der Waals surface area (Å²) in [6.45, 7) is 12.9. The second-order valence-electron chi connectivity index (χ2n) is 7.77. The predicted octanol–water partition coefficient (Wildman–Crippen LogP) is 2.88. The lowest BCUT2D eigenvalue weighted by molar-refractivity contribution is 0.0189. The van der Waals surface area contributed by atoms with E-state index < -0.39 is 0 Å². The molecule has 0 radical (unpaired) electrons. The zero-order valence-electron chi connectivity index (χ0n) is 14.6. The van der Waals surface area contributed by atoms with Crippen molar-refractivity contribution in [2.45, 2.75) is 71.9 Å². The van der Waals surface area contributed by atoms with Gasteiger partial charge >= 0.3 is 0 Å². The van der Waals surface area contributed by atoms with Crippen LogP contribution in [0.1, 0.15) is 59.8 Å². The number of hydrogen-bond acceptors (Lipinski definition) is 3. The number of piperidine rings is 1. The van der Waals surface area contributed by atoms with Crippen molar-refractivity contribution >= 4 is 0 Å². The molecule has 1 aliphatic carbocycles. The second kappa shape index (κ2) is 7.43. The maximum atomic E-state index is 9.78. The van der Waals surface area contributed by atoms with E-state index >= 15 is 0 Å². The van der Waals surface area contributed by atoms with E-state index in [2.05, 4.69) is 37.9 Å². The molecule has 1 saturated carbocycles. The Morgan fingerprint density at radius 2 is 1.71 bits per heavy atom. The van der Waals surface area contributed by atoms with Crippen molar-refractivity contribution in [1.82, 2.24) is 10.2 Å². The Labute approximate surface area is 131 Å². The third-order valence-corrected chi connectivity index (χ3v) is 6.38. The van der Waals surface area contributed by atoms with E-state index in [0.717, 1.165) is 31.2 Å². The van der Waals surface area contributed by atoms with Gasteiger partial charge in [-0.05, 0) is 51.4 Å². The Morgan fingerprint density at radius 1 is 1.14 bits per heavy atom. The summed E-state index contributed by atoms with van der Waals surface area (Å²) in [5.74, 6) is 1.62. The largest absolute Gasteiger partial charge is 0.396 e. The van der Waals surface area contributed by atoms with Crippen LogP contribution in [0.4, 0.5) is 0 Å². The molecule has 2 aliphatic rings. The first kappa shape index (κ1) is 17.2. The summed E-state index contributed by atoms with van der Waals surface area (Å²) in [5.41, 5.74) is 0.0868. The molecule has 0 aromatic carbocycles. The van der Waals surface area contributed by atoms with Gasteiger partial charge in [0.25, 0.3) is 0 Å². The van der Waals surface area contributed by atoms with Crippen molar-refractivity contribution in [3.8, 4) is 0 Å². The van der Waals surface area contributed by atoms with Crippen LogP contribution in [0.3, 0.4) is 0 Å². The van der Waals surface area contributed by atoms with Crippen molar-refractivity contribution in [3.63, 3.8) is 0 Å². The van der Waals surface area contributed by atoms with Gasteiger partial charge in [-0.3, -0.25) is 0 Å². The van der Waals surface area contributed by atoms with E-state index in [9.17, 15) is 5.11 Å². The lowest BCUT2D eigenvalue weighted by Crippen LogP contribution is -2.59. The number of aliphatic hydroxyl groups excluding tert-OH is 1. The summed E-state index contributed by atoms with van der Waals surface area (Å²) in [6, 6.07) is 1.36. The monoisotopic (exact) mass is 296 g/mol. The molecule has 2 atom stereocenters. The van der Waals surface area contributed by atoms with Gasteiger partial charge < -0.3 is 15.3 Å². The highest BCUT2D eigenvalue weighted by Gasteiger charge is 2.40. The zero-order valence-corrected chi connectivity index (χ0v) is 14.6. The number of nitrogens with zero attached hydrogens (tertiary/aromatic N) is 1. The molecule has 3 heteroatoms. The molecular formula is C18H36N2O.